The van der Waals surface area contributed by atoms with Gasteiger partial charge in [0.05, 0.1) is 19.8 Å². The number of hydrogen-bond acceptors (Lipinski definition) is 11. The Bertz CT molecular complexity index is 3820. The van der Waals surface area contributed by atoms with E-state index < -0.39 is 20.0 Å². The molecule has 1 amide bonds. The quantitative estimate of drug-likeness (QED) is 0.149. The van der Waals surface area contributed by atoms with Crippen LogP contribution in [0, 0.1) is 53.3 Å². The number of amides is 1. The minimum atomic E-state index is -3.76. The number of halogens is 2. The van der Waals surface area contributed by atoms with Gasteiger partial charge in [-0.1, -0.05) is 243 Å². The maximum Gasteiger partial charge on any atom is 0.410 e. The van der Waals surface area contributed by atoms with E-state index in [1.807, 2.05) is 36.4 Å². The smallest absolute Gasteiger partial charge is 0.410 e. The van der Waals surface area contributed by atoms with E-state index in [4.69, 9.17) is 27.9 Å². The van der Waals surface area contributed by atoms with E-state index in [2.05, 4.69) is 62.8 Å². The van der Waals surface area contributed by atoms with E-state index in [1.165, 1.54) is 160 Å². The third-order valence-electron chi connectivity index (χ3n) is 27.1. The fraction of sp³-hybridized carbons (Fsp3) is 0.648. The molecule has 0 radical (unpaired) electrons. The Kier molecular flexibility index (Phi) is 29.1. The summed E-state index contributed by atoms with van der Waals surface area (Å²) in [4.78, 5) is 26.1. The number of nitrogens with one attached hydrogen (secondary N) is 2. The second-order valence-electron chi connectivity index (χ2n) is 33.5. The molecule has 14 nitrogen and oxygen atoms in total. The number of ether oxygens (including phenoxy) is 1. The lowest BCUT2D eigenvalue weighted by Crippen LogP contribution is -2.56. The molecule has 4 aromatic carbocycles. The van der Waals surface area contributed by atoms with Gasteiger partial charge in [0.25, 0.3) is 0 Å². The number of fused-ring (bicyclic) bond motifs is 8. The summed E-state index contributed by atoms with van der Waals surface area (Å²) in [6.45, 7) is 10.0. The van der Waals surface area contributed by atoms with Crippen molar-refractivity contribution in [1.82, 2.24) is 39.0 Å². The standard InChI is InChI=1S/C25H26ClN3O4S.C17H20ClN3O2S.C17H25N.2C10H18.C9H17N/c26-21-15-27-14-19-8-4-10-23(24(19)21)34(31,32)28-13-11-22-20(16-28)9-5-12-29(22)25(30)33-17-18-6-2-1-3-7-18;18-14-10-19-9-12-3-1-5-16(17(12)14)24(22,23)21-8-6-15-13(11-21)4-2-7-20-15;1-14(15-8-3-2-4-9-15)18-13-7-11-16-10-5-6-12-17(16)18;2*1-2-6-10-8-4-3-7-9(10)5-1;1-2-4-9-7-10-6-5-8(9)3-1/h1-4,6-8,10,14-15,20,22H,5,9,11-13,16-17H2;1,3,5,9-10,13,15,20H,2,4,6-8,11H2;2-4,8-9,14,16-17H,5-7,10-13H2,1H3;2*9-10H,1-8H2;8-10H,1-7H2. The summed E-state index contributed by atoms with van der Waals surface area (Å²) in [6.07, 6.45) is 52.1. The van der Waals surface area contributed by atoms with Crippen molar-refractivity contribution in [2.75, 3.05) is 58.9 Å². The van der Waals surface area contributed by atoms with Gasteiger partial charge >= 0.3 is 6.09 Å². The lowest BCUT2D eigenvalue weighted by atomic mass is 9.71. The van der Waals surface area contributed by atoms with Crippen LogP contribution < -0.4 is 10.6 Å². The first-order valence-electron chi connectivity index (χ1n) is 42.0. The molecule has 2 N–H and O–H groups in total. The average Bonchev–Trinajstić information content (AvgIpc) is 0.768. The number of nitrogens with zero attached hydrogens (tertiary/aromatic N) is 6. The number of hydrogen-bond donors (Lipinski definition) is 2. The van der Waals surface area contributed by atoms with Crippen molar-refractivity contribution >= 4 is 70.9 Å². The van der Waals surface area contributed by atoms with Crippen molar-refractivity contribution in [1.29, 1.82) is 0 Å². The van der Waals surface area contributed by atoms with E-state index in [0.717, 1.165) is 97.1 Å². The van der Waals surface area contributed by atoms with Crippen LogP contribution in [0.1, 0.15) is 236 Å². The highest BCUT2D eigenvalue weighted by atomic mass is 35.5. The summed E-state index contributed by atoms with van der Waals surface area (Å²) in [6, 6.07) is 32.9. The van der Waals surface area contributed by atoms with E-state index in [9.17, 15) is 21.6 Å². The number of sulfonamides is 2. The monoisotopic (exact) mass is 1520 g/mol. The van der Waals surface area contributed by atoms with Crippen molar-refractivity contribution in [2.45, 2.75) is 259 Å². The zero-order chi connectivity index (χ0) is 73.2. The normalized spacial score (nSPS) is 29.4. The maximum absolute atomic E-state index is 13.6. The summed E-state index contributed by atoms with van der Waals surface area (Å²) in [7, 11) is -7.33. The Labute approximate surface area is 646 Å². The predicted octanol–water partition coefficient (Wildman–Crippen LogP) is 20.3. The van der Waals surface area contributed by atoms with Gasteiger partial charge in [-0.05, 0) is 187 Å². The lowest BCUT2D eigenvalue weighted by Gasteiger charge is -2.47. The molecule has 6 aromatic rings. The van der Waals surface area contributed by atoms with Crippen LogP contribution in [0.3, 0.4) is 0 Å². The van der Waals surface area contributed by atoms with Crippen molar-refractivity contribution in [2.24, 2.45) is 53.3 Å². The van der Waals surface area contributed by atoms with Gasteiger partial charge in [0, 0.05) is 103 Å². The zero-order valence-corrected chi connectivity index (χ0v) is 66.8. The number of piperidine rings is 6. The number of aromatic nitrogens is 2. The number of rotatable bonds is 8. The molecule has 106 heavy (non-hydrogen) atoms. The number of carbonyl (C=O) groups excluding carboxylic acids is 1. The summed E-state index contributed by atoms with van der Waals surface area (Å²) < 4.78 is 62.5. The number of carbonyl (C=O) groups is 1. The Morgan fingerprint density at radius 1 is 0.453 bits per heavy atom. The van der Waals surface area contributed by atoms with Crippen LogP contribution in [0.2, 0.25) is 10.0 Å². The molecule has 2 aromatic heterocycles. The summed E-state index contributed by atoms with van der Waals surface area (Å²) in [5, 5.41) is 10.2. The fourth-order valence-electron chi connectivity index (χ4n) is 21.4. The van der Waals surface area contributed by atoms with Crippen molar-refractivity contribution in [3.05, 3.63) is 143 Å². The molecule has 0 spiro atoms. The van der Waals surface area contributed by atoms with Crippen LogP contribution in [-0.4, -0.2) is 128 Å². The highest BCUT2D eigenvalue weighted by molar-refractivity contribution is 7.89. The molecule has 6 aliphatic heterocycles. The maximum atomic E-state index is 13.6. The molecule has 12 aliphatic rings. The van der Waals surface area contributed by atoms with Crippen molar-refractivity contribution in [3.63, 3.8) is 0 Å². The van der Waals surface area contributed by atoms with Gasteiger partial charge in [-0.2, -0.15) is 8.61 Å². The largest absolute Gasteiger partial charge is 0.445 e. The zero-order valence-electron chi connectivity index (χ0n) is 63.7. The van der Waals surface area contributed by atoms with Crippen LogP contribution in [-0.2, 0) is 31.4 Å². The molecule has 6 aliphatic carbocycles. The van der Waals surface area contributed by atoms with Gasteiger partial charge in [-0.25, -0.2) is 21.6 Å². The Morgan fingerprint density at radius 2 is 0.915 bits per heavy atom. The van der Waals surface area contributed by atoms with Crippen LogP contribution in [0.4, 0.5) is 4.79 Å². The molecule has 0 bridgehead atoms. The second kappa shape index (κ2) is 38.9. The first-order valence-corrected chi connectivity index (χ1v) is 45.7. The number of pyridine rings is 2. The van der Waals surface area contributed by atoms with Gasteiger partial charge in [-0.3, -0.25) is 14.9 Å². The molecule has 18 heteroatoms. The van der Waals surface area contributed by atoms with Gasteiger partial charge in [0.2, 0.25) is 20.0 Å². The summed E-state index contributed by atoms with van der Waals surface area (Å²) >= 11 is 12.6. The molecular formula is C88H124Cl2N8O6S2. The molecular weight excluding hydrogens is 1400 g/mol. The van der Waals surface area contributed by atoms with E-state index in [0.29, 0.717) is 83.4 Å². The number of likely N-dealkylation sites (tertiary alicyclic amines) is 2. The Morgan fingerprint density at radius 3 is 1.47 bits per heavy atom. The van der Waals surface area contributed by atoms with E-state index in [-0.39, 0.29) is 34.5 Å². The third-order valence-corrected chi connectivity index (χ3v) is 31.5. The lowest BCUT2D eigenvalue weighted by molar-refractivity contribution is 0.0271. The Hall–Kier alpha value is -4.75. The second-order valence-corrected chi connectivity index (χ2v) is 38.1. The van der Waals surface area contributed by atoms with Gasteiger partial charge in [0.15, 0.2) is 0 Å². The van der Waals surface area contributed by atoms with Crippen molar-refractivity contribution < 1.29 is 26.4 Å². The fourth-order valence-corrected chi connectivity index (χ4v) is 25.5. The minimum absolute atomic E-state index is 0.0243. The third kappa shape index (κ3) is 20.1. The average molecular weight is 1530 g/mol. The SMILES string of the molecule is C1CCC2CCCCC2C1.C1CCC2CCCCC2C1.C1CCC2CNCCC2C1.CC(c1ccccc1)N1CCCC2CCCCC21.O=C(OCc1ccccc1)N1CCCC2CN(S(=O)(=O)c3cccc4cncc(Cl)c34)CCC21.O=S(=O)(c1cccc2cncc(Cl)c12)N1CCC2NCCCC2C1. The molecule has 9 unspecified atom stereocenters. The first kappa shape index (κ1) is 79.3. The highest BCUT2D eigenvalue weighted by Gasteiger charge is 2.44. The van der Waals surface area contributed by atoms with Gasteiger partial charge < -0.3 is 20.3 Å². The van der Waals surface area contributed by atoms with E-state index in [1.54, 1.807) is 108 Å². The molecule has 8 heterocycles. The summed E-state index contributed by atoms with van der Waals surface area (Å²) in [5.41, 5.74) is 2.43. The van der Waals surface area contributed by atoms with E-state index >= 15 is 0 Å². The molecule has 9 atom stereocenters. The van der Waals surface area contributed by atoms with Crippen LogP contribution in [0.25, 0.3) is 21.5 Å². The van der Waals surface area contributed by atoms with Crippen LogP contribution in [0.5, 0.6) is 0 Å². The van der Waals surface area contributed by atoms with Gasteiger partial charge in [0.1, 0.15) is 6.61 Å². The summed E-state index contributed by atoms with van der Waals surface area (Å²) in [5.74, 6) is 8.20. The van der Waals surface area contributed by atoms with Gasteiger partial charge in [-0.15, -0.1) is 0 Å². The Balaban J connectivity index is 0.000000120. The van der Waals surface area contributed by atoms with Crippen LogP contribution in [0.15, 0.2) is 132 Å². The topological polar surface area (TPSA) is 157 Å². The minimum Gasteiger partial charge on any atom is -0.445 e. The first-order chi connectivity index (χ1) is 51.8. The number of benzene rings is 4. The molecule has 18 rings (SSSR count). The molecule has 6 saturated heterocycles. The molecule has 6 saturated carbocycles. The molecule has 12 fully saturated rings. The highest BCUT2D eigenvalue weighted by Crippen LogP contribution is 2.44. The van der Waals surface area contributed by atoms with Crippen molar-refractivity contribution in [3.8, 4) is 0 Å². The predicted molar refractivity (Wildman–Crippen MR) is 432 cm³/mol. The van der Waals surface area contributed by atoms with Crippen LogP contribution >= 0.6 is 23.2 Å². The molecule has 578 valence electrons.